The molecule has 0 N–H and O–H groups in total. The quantitative estimate of drug-likeness (QED) is 0.755. The van der Waals surface area contributed by atoms with E-state index >= 15 is 0 Å². The van der Waals surface area contributed by atoms with Gasteiger partial charge < -0.3 is 3.07 Å². The van der Waals surface area contributed by atoms with Crippen molar-refractivity contribution in [2.45, 2.75) is 0 Å². The molecule has 2 nitrogen and oxygen atoms in total. The maximum atomic E-state index is 11.4. The van der Waals surface area contributed by atoms with Gasteiger partial charge in [-0.05, 0) is 16.8 Å². The molecule has 0 radical (unpaired) electrons. The minimum Gasteiger partial charge on any atom is -0.391 e. The van der Waals surface area contributed by atoms with Crippen molar-refractivity contribution in [2.75, 3.05) is 0 Å². The van der Waals surface area contributed by atoms with Crippen LogP contribution in [0.15, 0.2) is 42.5 Å². The second-order valence-corrected chi connectivity index (χ2v) is 3.33. The summed E-state index contributed by atoms with van der Waals surface area (Å²) in [5.41, 5.74) is 0.609. The number of halogens is 1. The van der Waals surface area contributed by atoms with Crippen LogP contribution in [0.4, 0.5) is 0 Å². The van der Waals surface area contributed by atoms with Gasteiger partial charge in [0, 0.05) is 0 Å². The first-order valence-corrected chi connectivity index (χ1v) is 5.01. The number of benzene rings is 2. The Hall–Kier alpha value is -1.10. The Labute approximate surface area is 95.6 Å². The zero-order chi connectivity index (χ0) is 9.97. The van der Waals surface area contributed by atoms with Gasteiger partial charge in [0.1, 0.15) is 0 Å². The van der Waals surface area contributed by atoms with Crippen molar-refractivity contribution >= 4 is 39.7 Å². The first-order valence-electron chi connectivity index (χ1n) is 4.13. The molecule has 2 rings (SSSR count). The van der Waals surface area contributed by atoms with Crippen LogP contribution in [-0.4, -0.2) is 5.97 Å². The van der Waals surface area contributed by atoms with Crippen molar-refractivity contribution in [3.8, 4) is 0 Å². The van der Waals surface area contributed by atoms with Gasteiger partial charge in [-0.2, -0.15) is 0 Å². The number of hydrogen-bond acceptors (Lipinski definition) is 2. The van der Waals surface area contributed by atoms with E-state index in [4.69, 9.17) is 0 Å². The smallest absolute Gasteiger partial charge is 0.348 e. The predicted molar refractivity (Wildman–Crippen MR) is 63.4 cm³/mol. The summed E-state index contributed by atoms with van der Waals surface area (Å²) in [6, 6.07) is 13.3. The number of hydrogen-bond donors (Lipinski definition) is 0. The molecule has 0 heterocycles. The summed E-state index contributed by atoms with van der Waals surface area (Å²) in [5, 5.41) is 1.98. The van der Waals surface area contributed by atoms with E-state index in [1.165, 1.54) is 0 Å². The zero-order valence-corrected chi connectivity index (χ0v) is 9.39. The second kappa shape index (κ2) is 3.96. The van der Waals surface area contributed by atoms with Crippen LogP contribution in [0.1, 0.15) is 10.4 Å². The highest BCUT2D eigenvalue weighted by Crippen LogP contribution is 2.19. The highest BCUT2D eigenvalue weighted by Gasteiger charge is 2.09. The number of carbonyl (C=O) groups is 1. The topological polar surface area (TPSA) is 26.3 Å². The number of rotatable bonds is 1. The lowest BCUT2D eigenvalue weighted by Crippen LogP contribution is -1.98. The summed E-state index contributed by atoms with van der Waals surface area (Å²) < 4.78 is 4.68. The maximum Gasteiger partial charge on any atom is 0.348 e. The minimum absolute atomic E-state index is 0.303. The lowest BCUT2D eigenvalue weighted by molar-refractivity contribution is 0.0802. The van der Waals surface area contributed by atoms with Crippen LogP contribution in [0.2, 0.25) is 0 Å². The lowest BCUT2D eigenvalue weighted by atomic mass is 10.1. The molecule has 0 bridgehead atoms. The molecular weight excluding hydrogens is 291 g/mol. The van der Waals surface area contributed by atoms with Gasteiger partial charge in [-0.3, -0.25) is 0 Å². The molecule has 0 amide bonds. The van der Waals surface area contributed by atoms with E-state index in [1.54, 1.807) is 29.1 Å². The molecule has 0 saturated carbocycles. The van der Waals surface area contributed by atoms with E-state index in [9.17, 15) is 4.79 Å². The molecule has 0 unspecified atom stereocenters. The first kappa shape index (κ1) is 9.45. The van der Waals surface area contributed by atoms with Crippen molar-refractivity contribution in [2.24, 2.45) is 0 Å². The molecule has 2 aromatic carbocycles. The monoisotopic (exact) mass is 298 g/mol. The maximum absolute atomic E-state index is 11.4. The van der Waals surface area contributed by atoms with Gasteiger partial charge >= 0.3 is 5.97 Å². The third-order valence-corrected chi connectivity index (χ3v) is 2.48. The Kier molecular flexibility index (Phi) is 2.67. The van der Waals surface area contributed by atoms with E-state index in [0.717, 1.165) is 10.8 Å². The van der Waals surface area contributed by atoms with Crippen LogP contribution in [0.3, 0.4) is 0 Å². The van der Waals surface area contributed by atoms with Gasteiger partial charge in [0.05, 0.1) is 5.56 Å². The highest BCUT2D eigenvalue weighted by molar-refractivity contribution is 14.1. The van der Waals surface area contributed by atoms with Gasteiger partial charge in [0.25, 0.3) is 0 Å². The first-order chi connectivity index (χ1) is 6.83. The van der Waals surface area contributed by atoms with Crippen LogP contribution in [0.25, 0.3) is 10.8 Å². The average Bonchev–Trinajstić information content (AvgIpc) is 2.27. The zero-order valence-electron chi connectivity index (χ0n) is 7.24. The number of carbonyl (C=O) groups excluding carboxylic acids is 1. The fourth-order valence-corrected chi connectivity index (χ4v) is 1.68. The summed E-state index contributed by atoms with van der Waals surface area (Å²) in [6.45, 7) is 0. The standard InChI is InChI=1S/C11H7IO2/c12-14-11(13)10-7-3-5-8-4-1-2-6-9(8)10/h1-7H. The van der Waals surface area contributed by atoms with Crippen molar-refractivity contribution < 1.29 is 7.86 Å². The lowest BCUT2D eigenvalue weighted by Gasteiger charge is -2.02. The van der Waals surface area contributed by atoms with E-state index in [1.807, 2.05) is 36.4 Å². The molecule has 0 aliphatic rings. The van der Waals surface area contributed by atoms with E-state index in [0.29, 0.717) is 5.56 Å². The van der Waals surface area contributed by atoms with Crippen molar-refractivity contribution in [1.29, 1.82) is 0 Å². The minimum atomic E-state index is -0.303. The van der Waals surface area contributed by atoms with Crippen molar-refractivity contribution in [3.05, 3.63) is 48.0 Å². The molecule has 0 saturated heterocycles. The van der Waals surface area contributed by atoms with Crippen LogP contribution in [-0.2, 0) is 3.07 Å². The van der Waals surface area contributed by atoms with Gasteiger partial charge in [-0.1, -0.05) is 36.4 Å². The SMILES string of the molecule is O=C(OI)c1cccc2ccccc12. The Morgan fingerprint density at radius 2 is 1.79 bits per heavy atom. The third-order valence-electron chi connectivity index (χ3n) is 2.08. The Morgan fingerprint density at radius 3 is 2.57 bits per heavy atom. The van der Waals surface area contributed by atoms with Crippen LogP contribution < -0.4 is 0 Å². The van der Waals surface area contributed by atoms with E-state index in [2.05, 4.69) is 3.07 Å². The molecule has 14 heavy (non-hydrogen) atoms. The van der Waals surface area contributed by atoms with Crippen molar-refractivity contribution in [3.63, 3.8) is 0 Å². The van der Waals surface area contributed by atoms with Gasteiger partial charge in [-0.25, -0.2) is 4.79 Å². The molecule has 0 aromatic heterocycles. The summed E-state index contributed by atoms with van der Waals surface area (Å²) in [4.78, 5) is 11.4. The summed E-state index contributed by atoms with van der Waals surface area (Å²) in [5.74, 6) is -0.303. The normalized spacial score (nSPS) is 10.1. The molecule has 0 atom stereocenters. The van der Waals surface area contributed by atoms with Gasteiger partial charge in [0.15, 0.2) is 23.0 Å². The Bertz CT molecular complexity index is 474. The van der Waals surface area contributed by atoms with Crippen LogP contribution in [0.5, 0.6) is 0 Å². The van der Waals surface area contributed by atoms with E-state index < -0.39 is 0 Å². The van der Waals surface area contributed by atoms with Crippen LogP contribution >= 0.6 is 23.0 Å². The Morgan fingerprint density at radius 1 is 1.07 bits per heavy atom. The third kappa shape index (κ3) is 1.59. The molecule has 0 fully saturated rings. The van der Waals surface area contributed by atoms with Gasteiger partial charge in [-0.15, -0.1) is 0 Å². The molecule has 70 valence electrons. The number of fused-ring (bicyclic) bond motifs is 1. The molecule has 3 heteroatoms. The molecule has 2 aromatic rings. The molecule has 0 aliphatic heterocycles. The Balaban J connectivity index is 2.71. The molecule has 0 aliphatic carbocycles. The summed E-state index contributed by atoms with van der Waals surface area (Å²) >= 11 is 1.60. The van der Waals surface area contributed by atoms with Crippen molar-refractivity contribution in [1.82, 2.24) is 0 Å². The largest absolute Gasteiger partial charge is 0.391 e. The highest BCUT2D eigenvalue weighted by atomic mass is 127. The molecule has 0 spiro atoms. The average molecular weight is 298 g/mol. The summed E-state index contributed by atoms with van der Waals surface area (Å²) in [6.07, 6.45) is 0. The van der Waals surface area contributed by atoms with E-state index in [-0.39, 0.29) is 5.97 Å². The summed E-state index contributed by atoms with van der Waals surface area (Å²) in [7, 11) is 0. The van der Waals surface area contributed by atoms with Crippen LogP contribution in [0, 0.1) is 0 Å². The fraction of sp³-hybridized carbons (Fsp3) is 0. The second-order valence-electron chi connectivity index (χ2n) is 2.89. The predicted octanol–water partition coefficient (Wildman–Crippen LogP) is 3.35. The molecular formula is C11H7IO2. The fourth-order valence-electron chi connectivity index (χ4n) is 1.44. The van der Waals surface area contributed by atoms with Gasteiger partial charge in [0.2, 0.25) is 0 Å².